The maximum Gasteiger partial charge on any atom is 0.335 e. The van der Waals surface area contributed by atoms with Crippen LogP contribution >= 0.6 is 35.1 Å². The molecule has 1 saturated heterocycles. The largest absolute Gasteiger partial charge is 0.463 e. The molecule has 0 amide bonds. The quantitative estimate of drug-likeness (QED) is 0.578. The molecule has 0 aromatic heterocycles. The van der Waals surface area contributed by atoms with Crippen molar-refractivity contribution >= 4 is 46.8 Å². The minimum atomic E-state index is -0.795. The van der Waals surface area contributed by atoms with Crippen molar-refractivity contribution in [1.29, 1.82) is 0 Å². The molecular weight excluding hydrogens is 385 g/mol. The molecule has 0 radical (unpaired) electrons. The van der Waals surface area contributed by atoms with Crippen molar-refractivity contribution in [3.05, 3.63) is 39.9 Å². The first-order valence-corrected chi connectivity index (χ1v) is 9.71. The van der Waals surface area contributed by atoms with Crippen LogP contribution in [0.1, 0.15) is 19.8 Å². The van der Waals surface area contributed by atoms with Crippen LogP contribution in [0.5, 0.6) is 0 Å². The van der Waals surface area contributed by atoms with E-state index in [9.17, 15) is 4.79 Å². The molecule has 1 atom stereocenters. The van der Waals surface area contributed by atoms with Gasteiger partial charge in [-0.25, -0.2) is 4.79 Å². The number of esters is 1. The van der Waals surface area contributed by atoms with Crippen LogP contribution in [0.3, 0.4) is 0 Å². The molecule has 1 aliphatic carbocycles. The van der Waals surface area contributed by atoms with Gasteiger partial charge < -0.3 is 18.9 Å². The Balaban J connectivity index is 1.75. The average Bonchev–Trinajstić information content (AvgIpc) is 3.03. The number of anilines is 1. The van der Waals surface area contributed by atoms with Crippen molar-refractivity contribution in [2.45, 2.75) is 30.8 Å². The fraction of sp³-hybridized carbons (Fsp3) is 0.471. The monoisotopic (exact) mass is 403 g/mol. The summed E-state index contributed by atoms with van der Waals surface area (Å²) in [4.78, 5) is 12.4. The number of nitrogens with one attached hydrogen (secondary N) is 1. The molecule has 3 rings (SSSR count). The lowest BCUT2D eigenvalue weighted by molar-refractivity contribution is -0.142. The minimum absolute atomic E-state index is 0.0933. The summed E-state index contributed by atoms with van der Waals surface area (Å²) in [5.41, 5.74) is 1.30. The van der Waals surface area contributed by atoms with E-state index in [-0.39, 0.29) is 11.2 Å². The number of hydrogen-bond donors (Lipinski definition) is 1. The van der Waals surface area contributed by atoms with Gasteiger partial charge in [-0.3, -0.25) is 0 Å². The molecule has 8 heteroatoms. The van der Waals surface area contributed by atoms with Crippen LogP contribution in [0.15, 0.2) is 29.8 Å². The average molecular weight is 404 g/mol. The van der Waals surface area contributed by atoms with Gasteiger partial charge in [0.25, 0.3) is 0 Å². The molecule has 2 aliphatic rings. The lowest BCUT2D eigenvalue weighted by Gasteiger charge is -2.33. The summed E-state index contributed by atoms with van der Waals surface area (Å²) in [5, 5.41) is 1.00. The van der Waals surface area contributed by atoms with Gasteiger partial charge in [-0.1, -0.05) is 23.2 Å². The van der Waals surface area contributed by atoms with Gasteiger partial charge in [-0.2, -0.15) is 0 Å². The summed E-state index contributed by atoms with van der Waals surface area (Å²) in [5.74, 6) is -1.14. The van der Waals surface area contributed by atoms with Crippen LogP contribution in [0.4, 0.5) is 5.69 Å². The van der Waals surface area contributed by atoms with Crippen molar-refractivity contribution in [3.8, 4) is 0 Å². The van der Waals surface area contributed by atoms with Crippen LogP contribution in [-0.4, -0.2) is 36.8 Å². The van der Waals surface area contributed by atoms with Crippen molar-refractivity contribution in [2.75, 3.05) is 24.5 Å². The first kappa shape index (κ1) is 18.9. The summed E-state index contributed by atoms with van der Waals surface area (Å²) >= 11 is 13.5. The molecule has 5 nitrogen and oxygen atoms in total. The molecule has 0 bridgehead atoms. The third-order valence-electron chi connectivity index (χ3n) is 4.01. The van der Waals surface area contributed by atoms with Crippen LogP contribution in [-0.2, 0) is 19.0 Å². The molecule has 1 aliphatic heterocycles. The zero-order valence-electron chi connectivity index (χ0n) is 13.7. The number of carbonyl (C=O) groups is 1. The van der Waals surface area contributed by atoms with E-state index < -0.39 is 5.79 Å². The molecule has 1 unspecified atom stereocenters. The lowest BCUT2D eigenvalue weighted by Crippen LogP contribution is -2.36. The summed E-state index contributed by atoms with van der Waals surface area (Å²) < 4.78 is 19.8. The zero-order valence-corrected chi connectivity index (χ0v) is 16.0. The van der Waals surface area contributed by atoms with Crippen molar-refractivity contribution < 1.29 is 19.0 Å². The predicted molar refractivity (Wildman–Crippen MR) is 100 cm³/mol. The third-order valence-corrected chi connectivity index (χ3v) is 5.67. The molecule has 1 aromatic rings. The van der Waals surface area contributed by atoms with Crippen LogP contribution in [0.2, 0.25) is 10.0 Å². The highest BCUT2D eigenvalue weighted by molar-refractivity contribution is 8.01. The lowest BCUT2D eigenvalue weighted by atomic mass is 9.94. The van der Waals surface area contributed by atoms with E-state index in [0.717, 1.165) is 5.69 Å². The maximum atomic E-state index is 12.4. The molecule has 136 valence electrons. The Hall–Kier alpha value is -0.920. The number of carbonyl (C=O) groups excluding carboxylic acids is 1. The predicted octanol–water partition coefficient (Wildman–Crippen LogP) is 4.45. The fourth-order valence-electron chi connectivity index (χ4n) is 2.82. The van der Waals surface area contributed by atoms with E-state index in [1.54, 1.807) is 31.2 Å². The topological polar surface area (TPSA) is 56.8 Å². The summed E-state index contributed by atoms with van der Waals surface area (Å²) in [6.07, 6.45) is 3.17. The van der Waals surface area contributed by atoms with E-state index in [2.05, 4.69) is 4.72 Å². The normalized spacial score (nSPS) is 21.9. The first-order chi connectivity index (χ1) is 12.0. The van der Waals surface area contributed by atoms with Gasteiger partial charge in [0.05, 0.1) is 41.4 Å². The Morgan fingerprint density at radius 2 is 2.16 bits per heavy atom. The number of hydrogen-bond acceptors (Lipinski definition) is 6. The van der Waals surface area contributed by atoms with Gasteiger partial charge >= 0.3 is 5.97 Å². The van der Waals surface area contributed by atoms with E-state index in [4.69, 9.17) is 37.4 Å². The SMILES string of the molecule is CCOC(=O)C1=CC2(CCC1SNc1ccc(Cl)cc1Cl)OCCO2. The Kier molecular flexibility index (Phi) is 6.17. The number of rotatable bonds is 5. The van der Waals surface area contributed by atoms with Crippen LogP contribution < -0.4 is 4.72 Å². The zero-order chi connectivity index (χ0) is 17.9. The summed E-state index contributed by atoms with van der Waals surface area (Å²) in [6, 6.07) is 5.23. The molecular formula is C17H19Cl2NO4S. The number of ether oxygens (including phenoxy) is 3. The second kappa shape index (κ2) is 8.18. The molecule has 0 saturated carbocycles. The molecule has 1 aromatic carbocycles. The number of halogens is 2. The first-order valence-electron chi connectivity index (χ1n) is 8.07. The molecule has 1 heterocycles. The second-order valence-corrected chi connectivity index (χ2v) is 7.55. The van der Waals surface area contributed by atoms with E-state index >= 15 is 0 Å². The fourth-order valence-corrected chi connectivity index (χ4v) is 4.31. The van der Waals surface area contributed by atoms with Gasteiger partial charge in [0.2, 0.25) is 0 Å². The van der Waals surface area contributed by atoms with Crippen LogP contribution in [0.25, 0.3) is 0 Å². The maximum absolute atomic E-state index is 12.4. The van der Waals surface area contributed by atoms with Gasteiger partial charge in [0.1, 0.15) is 0 Å². The Bertz CT molecular complexity index is 677. The highest BCUT2D eigenvalue weighted by atomic mass is 35.5. The highest BCUT2D eigenvalue weighted by Gasteiger charge is 2.42. The summed E-state index contributed by atoms with van der Waals surface area (Å²) in [7, 11) is 0. The standard InChI is InChI=1S/C17H19Cl2NO4S/c1-2-22-16(21)12-10-17(23-7-8-24-17)6-5-15(12)25-20-14-4-3-11(18)9-13(14)19/h3-4,9-10,15,20H,2,5-8H2,1H3. The highest BCUT2D eigenvalue weighted by Crippen LogP contribution is 2.40. The summed E-state index contributed by atoms with van der Waals surface area (Å²) in [6.45, 7) is 3.16. The Labute approximate surface area is 161 Å². The van der Waals surface area contributed by atoms with Gasteiger partial charge in [-0.15, -0.1) is 0 Å². The van der Waals surface area contributed by atoms with Crippen LogP contribution in [0, 0.1) is 0 Å². The van der Waals surface area contributed by atoms with E-state index in [1.165, 1.54) is 11.9 Å². The van der Waals surface area contributed by atoms with Crippen molar-refractivity contribution in [3.63, 3.8) is 0 Å². The molecule has 1 fully saturated rings. The number of benzene rings is 1. The van der Waals surface area contributed by atoms with E-state index in [1.807, 2.05) is 0 Å². The molecule has 1 spiro atoms. The molecule has 25 heavy (non-hydrogen) atoms. The molecule has 1 N–H and O–H groups in total. The Morgan fingerprint density at radius 1 is 1.40 bits per heavy atom. The van der Waals surface area contributed by atoms with Gasteiger partial charge in [0.15, 0.2) is 5.79 Å². The third kappa shape index (κ3) is 4.44. The van der Waals surface area contributed by atoms with Crippen molar-refractivity contribution in [2.24, 2.45) is 0 Å². The second-order valence-electron chi connectivity index (χ2n) is 5.70. The van der Waals surface area contributed by atoms with E-state index in [0.29, 0.717) is 48.3 Å². The Morgan fingerprint density at radius 3 is 2.84 bits per heavy atom. The van der Waals surface area contributed by atoms with Crippen molar-refractivity contribution in [1.82, 2.24) is 0 Å². The van der Waals surface area contributed by atoms with Gasteiger partial charge in [0, 0.05) is 11.4 Å². The van der Waals surface area contributed by atoms with Gasteiger partial charge in [-0.05, 0) is 49.6 Å². The minimum Gasteiger partial charge on any atom is -0.463 e. The smallest absolute Gasteiger partial charge is 0.335 e.